The van der Waals surface area contributed by atoms with Crippen LogP contribution in [0.5, 0.6) is 0 Å². The number of Topliss-reactive ketones (excluding diaryl/α,β-unsaturated/α-hetero) is 3. The molecule has 0 saturated heterocycles. The van der Waals surface area contributed by atoms with E-state index in [4.69, 9.17) is 5.11 Å². The largest absolute Gasteiger partial charge is 0.382 e. The zero-order valence-corrected chi connectivity index (χ0v) is 5.73. The third-order valence-electron chi connectivity index (χ3n) is 1.52. The van der Waals surface area contributed by atoms with Gasteiger partial charge >= 0.3 is 0 Å². The van der Waals surface area contributed by atoms with E-state index in [2.05, 4.69) is 4.74 Å². The van der Waals surface area contributed by atoms with Gasteiger partial charge in [0.2, 0.25) is 11.6 Å². The van der Waals surface area contributed by atoms with Crippen molar-refractivity contribution in [2.75, 3.05) is 7.11 Å². The van der Waals surface area contributed by atoms with E-state index in [1.807, 2.05) is 0 Å². The molecule has 0 radical (unpaired) electrons. The van der Waals surface area contributed by atoms with Crippen molar-refractivity contribution in [2.24, 2.45) is 0 Å². The molecule has 0 amide bonds. The van der Waals surface area contributed by atoms with Gasteiger partial charge in [-0.2, -0.15) is 0 Å². The number of ketones is 3. The molecular formula is C6H6O5. The van der Waals surface area contributed by atoms with Gasteiger partial charge in [0.1, 0.15) is 0 Å². The molecule has 0 heterocycles. The Balaban J connectivity index is 2.95. The maximum Gasteiger partial charge on any atom is 0.269 e. The molecule has 0 spiro atoms. The first kappa shape index (κ1) is 8.03. The van der Waals surface area contributed by atoms with Crippen molar-refractivity contribution in [3.63, 3.8) is 0 Å². The van der Waals surface area contributed by atoms with Gasteiger partial charge in [0.25, 0.3) is 5.78 Å². The average molecular weight is 158 g/mol. The fourth-order valence-corrected chi connectivity index (χ4v) is 0.902. The number of aliphatic hydroxyl groups excluding tert-OH is 1. The van der Waals surface area contributed by atoms with E-state index in [0.29, 0.717) is 0 Å². The van der Waals surface area contributed by atoms with E-state index in [1.54, 1.807) is 0 Å². The lowest BCUT2D eigenvalue weighted by molar-refractivity contribution is -0.142. The molecule has 2 atom stereocenters. The molecule has 1 saturated carbocycles. The molecular weight excluding hydrogens is 152 g/mol. The van der Waals surface area contributed by atoms with E-state index in [-0.39, 0.29) is 0 Å². The summed E-state index contributed by atoms with van der Waals surface area (Å²) >= 11 is 0. The standard InChI is InChI=1S/C6H6O5/c1-11-6-4(9)2(7)3(8)5(6)10/h4,6,9H,1H3. The number of hydrogen-bond donors (Lipinski definition) is 1. The highest BCUT2D eigenvalue weighted by Crippen LogP contribution is 2.11. The number of aliphatic hydroxyl groups is 1. The van der Waals surface area contributed by atoms with Gasteiger partial charge in [0.15, 0.2) is 12.2 Å². The molecule has 1 N–H and O–H groups in total. The highest BCUT2D eigenvalue weighted by Gasteiger charge is 2.48. The predicted octanol–water partition coefficient (Wildman–Crippen LogP) is -1.92. The van der Waals surface area contributed by atoms with Crippen LogP contribution in [0, 0.1) is 0 Å². The minimum absolute atomic E-state index is 0.968. The quantitative estimate of drug-likeness (QED) is 0.450. The van der Waals surface area contributed by atoms with Crippen LogP contribution in [0.4, 0.5) is 0 Å². The first-order valence-corrected chi connectivity index (χ1v) is 2.93. The first-order chi connectivity index (χ1) is 5.09. The summed E-state index contributed by atoms with van der Waals surface area (Å²) in [4.78, 5) is 31.8. The Bertz CT molecular complexity index is 231. The lowest BCUT2D eigenvalue weighted by atomic mass is 10.2. The molecule has 11 heavy (non-hydrogen) atoms. The van der Waals surface area contributed by atoms with Crippen molar-refractivity contribution in [3.8, 4) is 0 Å². The van der Waals surface area contributed by atoms with E-state index < -0.39 is 29.6 Å². The number of carbonyl (C=O) groups excluding carboxylic acids is 3. The second-order valence-electron chi connectivity index (χ2n) is 2.16. The van der Waals surface area contributed by atoms with Crippen LogP contribution in [0.25, 0.3) is 0 Å². The molecule has 5 heteroatoms. The monoisotopic (exact) mass is 158 g/mol. The third kappa shape index (κ3) is 0.979. The number of methoxy groups -OCH3 is 1. The van der Waals surface area contributed by atoms with Crippen LogP contribution >= 0.6 is 0 Å². The minimum Gasteiger partial charge on any atom is -0.382 e. The van der Waals surface area contributed by atoms with Crippen molar-refractivity contribution in [3.05, 3.63) is 0 Å². The summed E-state index contributed by atoms with van der Waals surface area (Å²) < 4.78 is 4.44. The fraction of sp³-hybridized carbons (Fsp3) is 0.500. The Kier molecular flexibility index (Phi) is 1.84. The van der Waals surface area contributed by atoms with Crippen LogP contribution in [-0.4, -0.2) is 41.8 Å². The topological polar surface area (TPSA) is 80.7 Å². The number of hydrogen-bond acceptors (Lipinski definition) is 5. The molecule has 2 unspecified atom stereocenters. The molecule has 1 fully saturated rings. The summed E-state index contributed by atoms with van der Waals surface area (Å²) in [6.45, 7) is 0. The molecule has 0 aromatic heterocycles. The van der Waals surface area contributed by atoms with Crippen LogP contribution in [-0.2, 0) is 19.1 Å². The summed E-state index contributed by atoms with van der Waals surface area (Å²) in [5, 5.41) is 8.88. The maximum absolute atomic E-state index is 10.7. The summed E-state index contributed by atoms with van der Waals surface area (Å²) in [5.74, 6) is -3.23. The Morgan fingerprint density at radius 3 is 2.00 bits per heavy atom. The molecule has 0 aromatic rings. The zero-order valence-electron chi connectivity index (χ0n) is 5.73. The van der Waals surface area contributed by atoms with Gasteiger partial charge < -0.3 is 9.84 Å². The molecule has 0 aromatic carbocycles. The highest BCUT2D eigenvalue weighted by molar-refractivity contribution is 6.69. The Hall–Kier alpha value is -1.07. The van der Waals surface area contributed by atoms with Gasteiger partial charge in [-0.1, -0.05) is 0 Å². The summed E-state index contributed by atoms with van der Waals surface area (Å²) in [5.41, 5.74) is 0. The molecule has 5 nitrogen and oxygen atoms in total. The highest BCUT2D eigenvalue weighted by atomic mass is 16.5. The predicted molar refractivity (Wildman–Crippen MR) is 31.8 cm³/mol. The maximum atomic E-state index is 10.7. The first-order valence-electron chi connectivity index (χ1n) is 2.93. The number of rotatable bonds is 1. The molecule has 1 aliphatic rings. The van der Waals surface area contributed by atoms with Crippen LogP contribution in [0.15, 0.2) is 0 Å². The average Bonchev–Trinajstić information content (AvgIpc) is 2.17. The van der Waals surface area contributed by atoms with Gasteiger partial charge in [-0.05, 0) is 0 Å². The number of carbonyl (C=O) groups is 3. The molecule has 60 valence electrons. The van der Waals surface area contributed by atoms with Gasteiger partial charge in [-0.25, -0.2) is 0 Å². The van der Waals surface area contributed by atoms with E-state index in [1.165, 1.54) is 0 Å². The van der Waals surface area contributed by atoms with E-state index in [9.17, 15) is 14.4 Å². The minimum atomic E-state index is -1.61. The SMILES string of the molecule is COC1C(=O)C(=O)C(=O)C1O. The van der Waals surface area contributed by atoms with E-state index in [0.717, 1.165) is 7.11 Å². The Labute approximate surface area is 62.0 Å². The fourth-order valence-electron chi connectivity index (χ4n) is 0.902. The molecule has 0 bridgehead atoms. The van der Waals surface area contributed by atoms with Crippen LogP contribution in [0.3, 0.4) is 0 Å². The van der Waals surface area contributed by atoms with Crippen molar-refractivity contribution in [2.45, 2.75) is 12.2 Å². The second-order valence-corrected chi connectivity index (χ2v) is 2.16. The number of ether oxygens (including phenoxy) is 1. The van der Waals surface area contributed by atoms with Crippen LogP contribution in [0.1, 0.15) is 0 Å². The molecule has 1 rings (SSSR count). The summed E-state index contributed by atoms with van der Waals surface area (Å²) in [6, 6.07) is 0. The molecule has 0 aliphatic heterocycles. The zero-order chi connectivity index (χ0) is 8.59. The van der Waals surface area contributed by atoms with Gasteiger partial charge in [0.05, 0.1) is 0 Å². The summed E-state index contributed by atoms with van der Waals surface area (Å²) in [7, 11) is 1.15. The smallest absolute Gasteiger partial charge is 0.269 e. The Morgan fingerprint density at radius 2 is 1.82 bits per heavy atom. The Morgan fingerprint density at radius 1 is 1.27 bits per heavy atom. The van der Waals surface area contributed by atoms with Gasteiger partial charge in [-0.3, -0.25) is 14.4 Å². The lowest BCUT2D eigenvalue weighted by Gasteiger charge is -2.06. The van der Waals surface area contributed by atoms with Gasteiger partial charge in [0, 0.05) is 7.11 Å². The van der Waals surface area contributed by atoms with Crippen molar-refractivity contribution >= 4 is 17.3 Å². The third-order valence-corrected chi connectivity index (χ3v) is 1.52. The van der Waals surface area contributed by atoms with Crippen molar-refractivity contribution in [1.82, 2.24) is 0 Å². The summed E-state index contributed by atoms with van der Waals surface area (Å²) in [6.07, 6.45) is -2.91. The molecule has 1 aliphatic carbocycles. The van der Waals surface area contributed by atoms with Crippen LogP contribution in [0.2, 0.25) is 0 Å². The van der Waals surface area contributed by atoms with Crippen molar-refractivity contribution < 1.29 is 24.2 Å². The lowest BCUT2D eigenvalue weighted by Crippen LogP contribution is -2.30. The normalized spacial score (nSPS) is 31.6. The van der Waals surface area contributed by atoms with Crippen LogP contribution < -0.4 is 0 Å². The van der Waals surface area contributed by atoms with Gasteiger partial charge in [-0.15, -0.1) is 0 Å². The van der Waals surface area contributed by atoms with E-state index >= 15 is 0 Å². The van der Waals surface area contributed by atoms with Crippen molar-refractivity contribution in [1.29, 1.82) is 0 Å². The second kappa shape index (κ2) is 2.52.